The first-order valence-electron chi connectivity index (χ1n) is 7.55. The quantitative estimate of drug-likeness (QED) is 0.885. The molecule has 1 fully saturated rings. The Morgan fingerprint density at radius 3 is 3.20 bits per heavy atom. The first-order valence-corrected chi connectivity index (χ1v) is 7.55. The van der Waals surface area contributed by atoms with E-state index in [0.29, 0.717) is 5.92 Å². The molecular formula is C16H22N2O2. The van der Waals surface area contributed by atoms with Gasteiger partial charge in [-0.1, -0.05) is 0 Å². The molecule has 1 aromatic carbocycles. The highest BCUT2D eigenvalue weighted by atomic mass is 16.3. The maximum atomic E-state index is 12.5. The molecule has 0 aliphatic carbocycles. The van der Waals surface area contributed by atoms with Crippen molar-refractivity contribution in [1.29, 1.82) is 0 Å². The Bertz CT molecular complexity index is 501. The van der Waals surface area contributed by atoms with E-state index in [1.54, 1.807) is 0 Å². The smallest absolute Gasteiger partial charge is 0.253 e. The monoisotopic (exact) mass is 274 g/mol. The van der Waals surface area contributed by atoms with Crippen LogP contribution < -0.4 is 5.32 Å². The Balaban J connectivity index is 1.71. The second-order valence-corrected chi connectivity index (χ2v) is 5.82. The molecule has 0 aromatic heterocycles. The molecule has 20 heavy (non-hydrogen) atoms. The van der Waals surface area contributed by atoms with Crippen LogP contribution in [0, 0.1) is 5.92 Å². The van der Waals surface area contributed by atoms with Gasteiger partial charge in [0.1, 0.15) is 0 Å². The van der Waals surface area contributed by atoms with Crippen LogP contribution in [0.25, 0.3) is 0 Å². The number of hydrogen-bond donors (Lipinski definition) is 2. The van der Waals surface area contributed by atoms with Crippen molar-refractivity contribution < 1.29 is 9.90 Å². The Kier molecular flexibility index (Phi) is 3.92. The van der Waals surface area contributed by atoms with Crippen molar-refractivity contribution >= 4 is 11.6 Å². The number of likely N-dealkylation sites (tertiary alicyclic amines) is 1. The number of carbonyl (C=O) groups excluding carboxylic acids is 1. The summed E-state index contributed by atoms with van der Waals surface area (Å²) < 4.78 is 0. The van der Waals surface area contributed by atoms with E-state index in [9.17, 15) is 4.79 Å². The van der Waals surface area contributed by atoms with Crippen LogP contribution in [0.4, 0.5) is 5.69 Å². The number of benzene rings is 1. The molecule has 1 atom stereocenters. The molecule has 4 nitrogen and oxygen atoms in total. The van der Waals surface area contributed by atoms with Gasteiger partial charge in [-0.15, -0.1) is 0 Å². The van der Waals surface area contributed by atoms with E-state index >= 15 is 0 Å². The lowest BCUT2D eigenvalue weighted by atomic mass is 10.0. The number of fused-ring (bicyclic) bond motifs is 1. The zero-order chi connectivity index (χ0) is 13.9. The van der Waals surface area contributed by atoms with E-state index in [4.69, 9.17) is 5.11 Å². The van der Waals surface area contributed by atoms with Crippen LogP contribution >= 0.6 is 0 Å². The van der Waals surface area contributed by atoms with Gasteiger partial charge in [0.15, 0.2) is 0 Å². The second-order valence-electron chi connectivity index (χ2n) is 5.82. The Morgan fingerprint density at radius 1 is 1.45 bits per heavy atom. The highest BCUT2D eigenvalue weighted by Gasteiger charge is 2.26. The van der Waals surface area contributed by atoms with Gasteiger partial charge in [-0.3, -0.25) is 4.79 Å². The number of aliphatic hydroxyl groups excluding tert-OH is 1. The third-order valence-electron chi connectivity index (χ3n) is 4.40. The van der Waals surface area contributed by atoms with E-state index in [0.717, 1.165) is 50.9 Å². The summed E-state index contributed by atoms with van der Waals surface area (Å²) in [6.45, 7) is 2.85. The highest BCUT2D eigenvalue weighted by molar-refractivity contribution is 5.95. The number of carbonyl (C=O) groups is 1. The summed E-state index contributed by atoms with van der Waals surface area (Å²) in [5, 5.41) is 12.4. The van der Waals surface area contributed by atoms with Crippen molar-refractivity contribution in [2.24, 2.45) is 5.92 Å². The van der Waals surface area contributed by atoms with Gasteiger partial charge < -0.3 is 15.3 Å². The van der Waals surface area contributed by atoms with Crippen molar-refractivity contribution in [2.45, 2.75) is 25.7 Å². The minimum absolute atomic E-state index is 0.138. The van der Waals surface area contributed by atoms with Gasteiger partial charge in [0, 0.05) is 37.5 Å². The molecule has 4 heteroatoms. The van der Waals surface area contributed by atoms with E-state index in [1.165, 1.54) is 11.3 Å². The van der Waals surface area contributed by atoms with Gasteiger partial charge in [-0.05, 0) is 55.4 Å². The van der Waals surface area contributed by atoms with Gasteiger partial charge in [0.2, 0.25) is 0 Å². The van der Waals surface area contributed by atoms with Crippen LogP contribution in [0.1, 0.15) is 35.2 Å². The molecule has 1 unspecified atom stereocenters. The molecule has 1 amide bonds. The van der Waals surface area contributed by atoms with Gasteiger partial charge in [0.05, 0.1) is 0 Å². The van der Waals surface area contributed by atoms with Crippen molar-refractivity contribution in [3.8, 4) is 0 Å². The maximum absolute atomic E-state index is 12.5. The third kappa shape index (κ3) is 2.66. The average molecular weight is 274 g/mol. The van der Waals surface area contributed by atoms with Gasteiger partial charge >= 0.3 is 0 Å². The van der Waals surface area contributed by atoms with E-state index in [-0.39, 0.29) is 12.5 Å². The Morgan fingerprint density at radius 2 is 2.35 bits per heavy atom. The molecule has 2 N–H and O–H groups in total. The number of nitrogens with zero attached hydrogens (tertiary/aromatic N) is 1. The van der Waals surface area contributed by atoms with Gasteiger partial charge in [0.25, 0.3) is 5.91 Å². The minimum Gasteiger partial charge on any atom is -0.396 e. The van der Waals surface area contributed by atoms with Crippen LogP contribution in [0.3, 0.4) is 0 Å². The third-order valence-corrected chi connectivity index (χ3v) is 4.40. The lowest BCUT2D eigenvalue weighted by Gasteiger charge is -2.21. The molecule has 0 bridgehead atoms. The predicted octanol–water partition coefficient (Wildman–Crippen LogP) is 1.89. The van der Waals surface area contributed by atoms with Crippen molar-refractivity contribution in [1.82, 2.24) is 4.90 Å². The summed E-state index contributed by atoms with van der Waals surface area (Å²) in [7, 11) is 0. The van der Waals surface area contributed by atoms with Crippen molar-refractivity contribution in [3.63, 3.8) is 0 Å². The molecular weight excluding hydrogens is 252 g/mol. The summed E-state index contributed by atoms with van der Waals surface area (Å²) in [5.74, 6) is 0.599. The summed E-state index contributed by atoms with van der Waals surface area (Å²) in [4.78, 5) is 14.5. The van der Waals surface area contributed by atoms with Crippen LogP contribution in [0.15, 0.2) is 18.2 Å². The minimum atomic E-state index is 0.138. The zero-order valence-corrected chi connectivity index (χ0v) is 11.8. The molecule has 1 saturated heterocycles. The Hall–Kier alpha value is -1.55. The highest BCUT2D eigenvalue weighted by Crippen LogP contribution is 2.25. The zero-order valence-electron chi connectivity index (χ0n) is 11.8. The van der Waals surface area contributed by atoms with Crippen LogP contribution in [-0.2, 0) is 6.42 Å². The van der Waals surface area contributed by atoms with Crippen molar-refractivity contribution in [2.75, 3.05) is 31.6 Å². The van der Waals surface area contributed by atoms with Crippen LogP contribution in [0.2, 0.25) is 0 Å². The first-order chi connectivity index (χ1) is 9.78. The largest absolute Gasteiger partial charge is 0.396 e. The molecule has 108 valence electrons. The molecule has 0 radical (unpaired) electrons. The fraction of sp³-hybridized carbons (Fsp3) is 0.562. The van der Waals surface area contributed by atoms with E-state index < -0.39 is 0 Å². The number of amides is 1. The SMILES string of the molecule is O=C(c1ccc2c(c1)CCCN2)N1CCC(CCO)C1. The molecule has 1 aromatic rings. The van der Waals surface area contributed by atoms with Gasteiger partial charge in [-0.25, -0.2) is 0 Å². The molecule has 0 saturated carbocycles. The maximum Gasteiger partial charge on any atom is 0.253 e. The number of aryl methyl sites for hydroxylation is 1. The number of anilines is 1. The Labute approximate surface area is 119 Å². The fourth-order valence-electron chi connectivity index (χ4n) is 3.23. The van der Waals surface area contributed by atoms with Crippen molar-refractivity contribution in [3.05, 3.63) is 29.3 Å². The topological polar surface area (TPSA) is 52.6 Å². The number of rotatable bonds is 3. The van der Waals surface area contributed by atoms with Crippen LogP contribution in [0.5, 0.6) is 0 Å². The lowest BCUT2D eigenvalue weighted by Crippen LogP contribution is -2.29. The average Bonchev–Trinajstić information content (AvgIpc) is 2.95. The van der Waals surface area contributed by atoms with Crippen LogP contribution in [-0.4, -0.2) is 42.2 Å². The summed E-state index contributed by atoms with van der Waals surface area (Å²) in [6.07, 6.45) is 4.00. The molecule has 3 rings (SSSR count). The second kappa shape index (κ2) is 5.83. The molecule has 2 aliphatic heterocycles. The lowest BCUT2D eigenvalue weighted by molar-refractivity contribution is 0.0784. The van der Waals surface area contributed by atoms with E-state index in [2.05, 4.69) is 5.32 Å². The first kappa shape index (κ1) is 13.4. The number of nitrogens with one attached hydrogen (secondary N) is 1. The fourth-order valence-corrected chi connectivity index (χ4v) is 3.23. The summed E-state index contributed by atoms with van der Waals surface area (Å²) >= 11 is 0. The van der Waals surface area contributed by atoms with E-state index in [1.807, 2.05) is 23.1 Å². The molecule has 2 heterocycles. The number of aliphatic hydroxyl groups is 1. The van der Waals surface area contributed by atoms with Gasteiger partial charge in [-0.2, -0.15) is 0 Å². The summed E-state index contributed by atoms with van der Waals surface area (Å²) in [6, 6.07) is 6.01. The number of hydrogen-bond acceptors (Lipinski definition) is 3. The summed E-state index contributed by atoms with van der Waals surface area (Å²) in [5.41, 5.74) is 3.23. The standard InChI is InChI=1S/C16H22N2O2/c19-9-6-12-5-8-18(11-12)16(20)14-3-4-15-13(10-14)2-1-7-17-15/h3-4,10,12,17,19H,1-2,5-9,11H2. The molecule has 2 aliphatic rings. The normalized spacial score (nSPS) is 21.4. The molecule has 0 spiro atoms. The predicted molar refractivity (Wildman–Crippen MR) is 79.0 cm³/mol.